The van der Waals surface area contributed by atoms with Crippen molar-refractivity contribution in [3.8, 4) is 0 Å². The van der Waals surface area contributed by atoms with E-state index in [1.54, 1.807) is 24.2 Å². The Morgan fingerprint density at radius 1 is 1.45 bits per heavy atom. The van der Waals surface area contributed by atoms with Crippen LogP contribution in [0.15, 0.2) is 24.4 Å². The fraction of sp³-hybridized carbons (Fsp3) is 0.438. The molecule has 0 aliphatic rings. The van der Waals surface area contributed by atoms with Gasteiger partial charge < -0.3 is 10.6 Å². The van der Waals surface area contributed by atoms with Crippen LogP contribution in [0.25, 0.3) is 0 Å². The van der Waals surface area contributed by atoms with E-state index in [-0.39, 0.29) is 18.5 Å². The van der Waals surface area contributed by atoms with Crippen molar-refractivity contribution in [2.75, 3.05) is 12.8 Å². The van der Waals surface area contributed by atoms with Gasteiger partial charge in [0.05, 0.1) is 5.69 Å². The minimum atomic E-state index is -0.0177. The minimum absolute atomic E-state index is 0.0177. The van der Waals surface area contributed by atoms with Crippen molar-refractivity contribution in [1.29, 1.82) is 0 Å². The Kier molecular flexibility index (Phi) is 4.80. The van der Waals surface area contributed by atoms with Gasteiger partial charge in [0.15, 0.2) is 0 Å². The number of hydrogen-bond donors (Lipinski definition) is 1. The molecule has 6 nitrogen and oxygen atoms in total. The molecule has 2 rings (SSSR count). The van der Waals surface area contributed by atoms with Crippen molar-refractivity contribution in [2.24, 2.45) is 0 Å². The number of rotatable bonds is 5. The van der Waals surface area contributed by atoms with Crippen LogP contribution in [0.5, 0.6) is 0 Å². The van der Waals surface area contributed by atoms with Gasteiger partial charge in [-0.2, -0.15) is 5.10 Å². The molecule has 2 heterocycles. The average molecular weight is 301 g/mol. The Balaban J connectivity index is 2.01. The average Bonchev–Trinajstić information content (AvgIpc) is 2.78. The molecule has 0 saturated carbocycles. The summed E-state index contributed by atoms with van der Waals surface area (Å²) in [5.41, 5.74) is 8.80. The zero-order valence-electron chi connectivity index (χ0n) is 13.6. The summed E-state index contributed by atoms with van der Waals surface area (Å²) in [6, 6.07) is 5.76. The highest BCUT2D eigenvalue weighted by Crippen LogP contribution is 2.11. The Bertz CT molecular complexity index is 664. The third-order valence-corrected chi connectivity index (χ3v) is 3.88. The summed E-state index contributed by atoms with van der Waals surface area (Å²) in [7, 11) is 1.80. The molecule has 1 unspecified atom stereocenters. The lowest BCUT2D eigenvalue weighted by molar-refractivity contribution is -0.132. The maximum Gasteiger partial charge on any atom is 0.244 e. The molecular weight excluding hydrogens is 278 g/mol. The van der Waals surface area contributed by atoms with E-state index in [0.717, 1.165) is 23.4 Å². The maximum absolute atomic E-state index is 12.4. The molecular formula is C16H23N5O. The number of aromatic nitrogens is 3. The Morgan fingerprint density at radius 2 is 2.18 bits per heavy atom. The van der Waals surface area contributed by atoms with Crippen LogP contribution in [-0.2, 0) is 17.8 Å². The third kappa shape index (κ3) is 3.63. The molecule has 0 spiro atoms. The molecule has 22 heavy (non-hydrogen) atoms. The van der Waals surface area contributed by atoms with E-state index in [1.165, 1.54) is 4.68 Å². The Hall–Kier alpha value is -2.37. The lowest BCUT2D eigenvalue weighted by atomic mass is 10.1. The topological polar surface area (TPSA) is 77.0 Å². The number of nitrogen functional groups attached to an aromatic ring is 1. The van der Waals surface area contributed by atoms with Gasteiger partial charge in [-0.15, -0.1) is 0 Å². The quantitative estimate of drug-likeness (QED) is 0.909. The Morgan fingerprint density at radius 3 is 2.77 bits per heavy atom. The van der Waals surface area contributed by atoms with E-state index >= 15 is 0 Å². The smallest absolute Gasteiger partial charge is 0.244 e. The number of anilines is 1. The molecule has 1 atom stereocenters. The van der Waals surface area contributed by atoms with Crippen molar-refractivity contribution in [2.45, 2.75) is 39.8 Å². The molecule has 0 aliphatic carbocycles. The second-order valence-corrected chi connectivity index (χ2v) is 5.69. The highest BCUT2D eigenvalue weighted by molar-refractivity contribution is 5.76. The summed E-state index contributed by atoms with van der Waals surface area (Å²) in [4.78, 5) is 18.5. The van der Waals surface area contributed by atoms with Crippen LogP contribution in [0.2, 0.25) is 0 Å². The number of hydrogen-bond acceptors (Lipinski definition) is 4. The van der Waals surface area contributed by atoms with Crippen molar-refractivity contribution in [3.63, 3.8) is 0 Å². The van der Waals surface area contributed by atoms with Crippen molar-refractivity contribution >= 4 is 11.7 Å². The third-order valence-electron chi connectivity index (χ3n) is 3.88. The summed E-state index contributed by atoms with van der Waals surface area (Å²) >= 11 is 0. The number of carbonyl (C=O) groups excluding carboxylic acids is 1. The number of nitrogens with two attached hydrogens (primary N) is 1. The molecule has 0 aromatic carbocycles. The lowest BCUT2D eigenvalue weighted by Crippen LogP contribution is -2.39. The maximum atomic E-state index is 12.4. The molecule has 0 fully saturated rings. The van der Waals surface area contributed by atoms with Gasteiger partial charge in [-0.25, -0.2) is 4.68 Å². The van der Waals surface area contributed by atoms with Gasteiger partial charge in [-0.1, -0.05) is 6.07 Å². The standard InChI is InChI=1S/C16H23N5O/c1-11-6-5-7-18-14(11)9-13(3)20(4)16(22)10-21-15(17)8-12(2)19-21/h5-8,13H,9-10,17H2,1-4H3. The number of aryl methyl sites for hydroxylation is 2. The zero-order valence-corrected chi connectivity index (χ0v) is 13.6. The first-order valence-corrected chi connectivity index (χ1v) is 7.34. The first-order chi connectivity index (χ1) is 10.4. The van der Waals surface area contributed by atoms with Crippen LogP contribution >= 0.6 is 0 Å². The van der Waals surface area contributed by atoms with E-state index in [1.807, 2.05) is 32.9 Å². The van der Waals surface area contributed by atoms with Crippen molar-refractivity contribution < 1.29 is 4.79 Å². The Labute approximate surface area is 130 Å². The van der Waals surface area contributed by atoms with Crippen LogP contribution in [0.3, 0.4) is 0 Å². The minimum Gasteiger partial charge on any atom is -0.384 e. The summed E-state index contributed by atoms with van der Waals surface area (Å²) in [6.07, 6.45) is 2.51. The fourth-order valence-corrected chi connectivity index (χ4v) is 2.33. The molecule has 2 aromatic rings. The summed E-state index contributed by atoms with van der Waals surface area (Å²) in [6.45, 7) is 6.06. The summed E-state index contributed by atoms with van der Waals surface area (Å²) in [5, 5.41) is 4.22. The molecule has 1 amide bonds. The predicted molar refractivity (Wildman–Crippen MR) is 86.3 cm³/mol. The van der Waals surface area contributed by atoms with E-state index in [9.17, 15) is 4.79 Å². The zero-order chi connectivity index (χ0) is 16.3. The number of likely N-dealkylation sites (N-methyl/N-ethyl adjacent to an activating group) is 1. The van der Waals surface area contributed by atoms with Gasteiger partial charge in [-0.3, -0.25) is 9.78 Å². The van der Waals surface area contributed by atoms with Crippen LogP contribution < -0.4 is 5.73 Å². The number of carbonyl (C=O) groups is 1. The van der Waals surface area contributed by atoms with E-state index in [2.05, 4.69) is 10.1 Å². The van der Waals surface area contributed by atoms with E-state index < -0.39 is 0 Å². The molecule has 0 bridgehead atoms. The fourth-order valence-electron chi connectivity index (χ4n) is 2.33. The molecule has 2 aromatic heterocycles. The van der Waals surface area contributed by atoms with Gasteiger partial charge >= 0.3 is 0 Å². The number of amides is 1. The van der Waals surface area contributed by atoms with Gasteiger partial charge in [0.1, 0.15) is 12.4 Å². The van der Waals surface area contributed by atoms with Crippen LogP contribution in [-0.4, -0.2) is 38.7 Å². The first-order valence-electron chi connectivity index (χ1n) is 7.34. The largest absolute Gasteiger partial charge is 0.384 e. The summed E-state index contributed by atoms with van der Waals surface area (Å²) in [5.74, 6) is 0.489. The SMILES string of the molecule is Cc1cc(N)n(CC(=O)N(C)C(C)Cc2ncccc2C)n1. The van der Waals surface area contributed by atoms with Crippen LogP contribution in [0.4, 0.5) is 5.82 Å². The molecule has 6 heteroatoms. The molecule has 118 valence electrons. The van der Waals surface area contributed by atoms with Gasteiger partial charge in [0.2, 0.25) is 5.91 Å². The van der Waals surface area contributed by atoms with Gasteiger partial charge in [0, 0.05) is 37.5 Å². The monoisotopic (exact) mass is 301 g/mol. The number of pyridine rings is 1. The van der Waals surface area contributed by atoms with Gasteiger partial charge in [-0.05, 0) is 32.4 Å². The number of nitrogens with zero attached hydrogens (tertiary/aromatic N) is 4. The van der Waals surface area contributed by atoms with Crippen LogP contribution in [0.1, 0.15) is 23.9 Å². The summed E-state index contributed by atoms with van der Waals surface area (Å²) < 4.78 is 1.53. The first kappa shape index (κ1) is 16.0. The van der Waals surface area contributed by atoms with Crippen molar-refractivity contribution in [3.05, 3.63) is 41.3 Å². The highest BCUT2D eigenvalue weighted by Gasteiger charge is 2.18. The molecule has 0 saturated heterocycles. The van der Waals surface area contributed by atoms with Gasteiger partial charge in [0.25, 0.3) is 0 Å². The normalized spacial score (nSPS) is 12.2. The lowest BCUT2D eigenvalue weighted by Gasteiger charge is -2.25. The van der Waals surface area contributed by atoms with Crippen molar-refractivity contribution in [1.82, 2.24) is 19.7 Å². The predicted octanol–water partition coefficient (Wildman–Crippen LogP) is 1.57. The highest BCUT2D eigenvalue weighted by atomic mass is 16.2. The molecule has 2 N–H and O–H groups in total. The second-order valence-electron chi connectivity index (χ2n) is 5.69. The molecule has 0 radical (unpaired) electrons. The van der Waals surface area contributed by atoms with E-state index in [0.29, 0.717) is 5.82 Å². The molecule has 0 aliphatic heterocycles. The van der Waals surface area contributed by atoms with E-state index in [4.69, 9.17) is 5.73 Å². The van der Waals surface area contributed by atoms with Crippen LogP contribution in [0, 0.1) is 13.8 Å². The second kappa shape index (κ2) is 6.60.